The van der Waals surface area contributed by atoms with Crippen molar-refractivity contribution in [2.24, 2.45) is 0 Å². The van der Waals surface area contributed by atoms with Crippen LogP contribution in [0.4, 0.5) is 87.8 Å². The molecule has 6 aromatic carbocycles. The van der Waals surface area contributed by atoms with Gasteiger partial charge in [0.05, 0.1) is 0 Å². The summed E-state index contributed by atoms with van der Waals surface area (Å²) in [6.07, 6.45) is -5.43. The molecule has 0 unspecified atom stereocenters. The summed E-state index contributed by atoms with van der Waals surface area (Å²) >= 11 is 0. The van der Waals surface area contributed by atoms with E-state index in [0.717, 1.165) is 22.2 Å². The summed E-state index contributed by atoms with van der Waals surface area (Å²) in [5.41, 5.74) is -11.6. The second-order valence-electron chi connectivity index (χ2n) is 13.7. The smallest absolute Gasteiger partial charge is 0.227 e. The van der Waals surface area contributed by atoms with Crippen molar-refractivity contribution in [3.05, 3.63) is 201 Å². The highest BCUT2D eigenvalue weighted by Crippen LogP contribution is 2.31. The second-order valence-corrected chi connectivity index (χ2v) is 13.7. The van der Waals surface area contributed by atoms with Gasteiger partial charge in [0.2, 0.25) is 23.5 Å². The fourth-order valence-corrected chi connectivity index (χ4v) is 7.37. The molecule has 2 nitrogen and oxygen atoms in total. The minimum absolute atomic E-state index is 0.0973. The Morgan fingerprint density at radius 2 is 0.682 bits per heavy atom. The third-order valence-corrected chi connectivity index (χ3v) is 10.3. The molecule has 0 aliphatic carbocycles. The average molecular weight is 953 g/mol. The lowest BCUT2D eigenvalue weighted by atomic mass is 9.12. The zero-order chi connectivity index (χ0) is 49.0. The van der Waals surface area contributed by atoms with Gasteiger partial charge in [-0.3, -0.25) is 4.79 Å². The lowest BCUT2D eigenvalue weighted by Gasteiger charge is -2.44. The molecule has 66 heavy (non-hydrogen) atoms. The number of carbonyl (C=O) groups is 1. The molecule has 342 valence electrons. The third kappa shape index (κ3) is 7.38. The van der Waals surface area contributed by atoms with Crippen LogP contribution in [0.25, 0.3) is 17.0 Å². The third-order valence-electron chi connectivity index (χ3n) is 10.3. The van der Waals surface area contributed by atoms with Gasteiger partial charge in [0.1, 0.15) is 52.7 Å². The Labute approximate surface area is 355 Å². The molecule has 23 heteroatoms. The number of hydrogen-bond acceptors (Lipinski definition) is 1. The molecule has 0 aliphatic heterocycles. The van der Waals surface area contributed by atoms with E-state index in [2.05, 4.69) is 12.6 Å². The van der Waals surface area contributed by atoms with Gasteiger partial charge in [-0.25, -0.2) is 87.8 Å². The number of nitrogens with zero attached hydrogens (tertiary/aromatic N) is 1. The SMILES string of the molecule is C=Cc1ccc2ccccc2[n+]1CC(=O)c1ccccc1.Fc1c(F)c(F)c([B-](c2c(F)c(F)c(F)c(F)c2F)(c2c(F)c(F)c(F)c(F)c2F)c2c(F)c(F)c(F)c(F)c2F)c(F)c1F. The van der Waals surface area contributed by atoms with E-state index >= 15 is 35.1 Å². The minimum atomic E-state index is -7.22. The molecule has 0 radical (unpaired) electrons. The van der Waals surface area contributed by atoms with Crippen LogP contribution in [0.3, 0.4) is 0 Å². The number of fused-ring (bicyclic) bond motifs is 1. The van der Waals surface area contributed by atoms with Crippen LogP contribution in [0.5, 0.6) is 0 Å². The van der Waals surface area contributed by atoms with Gasteiger partial charge in [0, 0.05) is 29.2 Å². The van der Waals surface area contributed by atoms with Gasteiger partial charge in [-0.1, -0.05) is 49.0 Å². The van der Waals surface area contributed by atoms with Crippen molar-refractivity contribution in [1.82, 2.24) is 0 Å². The van der Waals surface area contributed by atoms with Crippen LogP contribution < -0.4 is 26.4 Å². The Balaban J connectivity index is 0.000000284. The molecular formula is C43H16BF20NO. The van der Waals surface area contributed by atoms with Crippen LogP contribution in [-0.4, -0.2) is 11.9 Å². The van der Waals surface area contributed by atoms with Crippen LogP contribution in [0.1, 0.15) is 16.1 Å². The largest absolute Gasteiger partial charge is 0.287 e. The van der Waals surface area contributed by atoms with Gasteiger partial charge in [0.15, 0.2) is 69.8 Å². The van der Waals surface area contributed by atoms with Crippen molar-refractivity contribution in [3.63, 3.8) is 0 Å². The average Bonchev–Trinajstić information content (AvgIpc) is 3.31. The van der Waals surface area contributed by atoms with Crippen LogP contribution >= 0.6 is 0 Å². The first-order valence-corrected chi connectivity index (χ1v) is 17.9. The first kappa shape index (κ1) is 48.3. The summed E-state index contributed by atoms with van der Waals surface area (Å²) in [6.45, 7) is 4.16. The zero-order valence-electron chi connectivity index (χ0n) is 31.8. The second kappa shape index (κ2) is 18.0. The number of ketones is 1. The normalized spacial score (nSPS) is 11.5. The van der Waals surface area contributed by atoms with Crippen LogP contribution in [-0.2, 0) is 6.54 Å². The zero-order valence-corrected chi connectivity index (χ0v) is 31.8. The lowest BCUT2D eigenvalue weighted by molar-refractivity contribution is -0.658. The summed E-state index contributed by atoms with van der Waals surface area (Å²) in [5.74, 6) is -71.3. The van der Waals surface area contributed by atoms with E-state index in [1.54, 1.807) is 6.08 Å². The molecule has 0 spiro atoms. The van der Waals surface area contributed by atoms with Crippen molar-refractivity contribution < 1.29 is 97.2 Å². The van der Waals surface area contributed by atoms with E-state index in [1.165, 1.54) is 0 Å². The maximum Gasteiger partial charge on any atom is 0.227 e. The van der Waals surface area contributed by atoms with E-state index in [-0.39, 0.29) is 5.78 Å². The predicted molar refractivity (Wildman–Crippen MR) is 194 cm³/mol. The molecule has 1 aromatic heterocycles. The number of carbonyl (C=O) groups excluding carboxylic acids is 1. The quantitative estimate of drug-likeness (QED) is 0.0372. The Morgan fingerprint density at radius 3 is 1.00 bits per heavy atom. The molecule has 7 rings (SSSR count). The standard InChI is InChI=1S/C24BF20.C19H16NO/c26-5-1(6(27)14(35)21(42)13(5)34)25(2-7(28)15(36)22(43)16(37)8(2)29,3-9(30)17(38)23(44)18(39)10(3)31)4-11(32)19(40)24(45)20(41)12(4)33;1-2-17-13-12-15-8-6-7-11-18(15)20(17)14-19(21)16-9-4-3-5-10-16/h;2-13H,1,14H2/q-1;+1. The van der Waals surface area contributed by atoms with E-state index < -0.39 is 144 Å². The highest BCUT2D eigenvalue weighted by atomic mass is 19.2. The van der Waals surface area contributed by atoms with Crippen molar-refractivity contribution in [3.8, 4) is 0 Å². The molecule has 0 N–H and O–H groups in total. The van der Waals surface area contributed by atoms with E-state index in [4.69, 9.17) is 0 Å². The summed E-state index contributed by atoms with van der Waals surface area (Å²) in [7, 11) is 0. The Hall–Kier alpha value is -7.20. The lowest BCUT2D eigenvalue weighted by Crippen LogP contribution is -2.81. The molecule has 0 atom stereocenters. The molecule has 0 aliphatic rings. The number of rotatable bonds is 8. The summed E-state index contributed by atoms with van der Waals surface area (Å²) in [5, 5.41) is 1.11. The van der Waals surface area contributed by atoms with Gasteiger partial charge in [0.25, 0.3) is 0 Å². The summed E-state index contributed by atoms with van der Waals surface area (Å²) in [4.78, 5) is 12.5. The first-order valence-electron chi connectivity index (χ1n) is 17.9. The number of aromatic nitrogens is 1. The predicted octanol–water partition coefficient (Wildman–Crippen LogP) is 9.50. The molecule has 1 heterocycles. The maximum atomic E-state index is 15.4. The van der Waals surface area contributed by atoms with Gasteiger partial charge < -0.3 is 0 Å². The van der Waals surface area contributed by atoms with Crippen molar-refractivity contribution in [2.75, 3.05) is 0 Å². The maximum absolute atomic E-state index is 15.4. The Bertz CT molecular complexity index is 2780. The highest BCUT2D eigenvalue weighted by molar-refractivity contribution is 7.20. The summed E-state index contributed by atoms with van der Waals surface area (Å²) < 4.78 is 296. The molecule has 0 saturated heterocycles. The fourth-order valence-electron chi connectivity index (χ4n) is 7.37. The van der Waals surface area contributed by atoms with E-state index in [1.807, 2.05) is 65.2 Å². The van der Waals surface area contributed by atoms with Crippen molar-refractivity contribution >= 4 is 50.8 Å². The van der Waals surface area contributed by atoms with Crippen LogP contribution in [0.2, 0.25) is 0 Å². The first-order chi connectivity index (χ1) is 31.0. The Kier molecular flexibility index (Phi) is 13.2. The number of hydrogen-bond donors (Lipinski definition) is 0. The van der Waals surface area contributed by atoms with Crippen LogP contribution in [0.15, 0.2) is 73.3 Å². The summed E-state index contributed by atoms with van der Waals surface area (Å²) in [6, 6.07) is 21.5. The number of benzene rings is 6. The molecule has 0 saturated carbocycles. The Morgan fingerprint density at radius 1 is 0.394 bits per heavy atom. The molecule has 7 aromatic rings. The molecule has 0 bridgehead atoms. The number of para-hydroxylation sites is 1. The minimum Gasteiger partial charge on any atom is -0.287 e. The van der Waals surface area contributed by atoms with Gasteiger partial charge in [-0.2, -0.15) is 4.57 Å². The van der Waals surface area contributed by atoms with E-state index in [9.17, 15) is 57.5 Å². The molecular weight excluding hydrogens is 937 g/mol. The highest BCUT2D eigenvalue weighted by Gasteiger charge is 2.52. The van der Waals surface area contributed by atoms with Gasteiger partial charge >= 0.3 is 0 Å². The van der Waals surface area contributed by atoms with Crippen molar-refractivity contribution in [2.45, 2.75) is 6.54 Å². The topological polar surface area (TPSA) is 20.9 Å². The van der Waals surface area contributed by atoms with Gasteiger partial charge in [-0.15, -0.1) is 21.9 Å². The number of pyridine rings is 1. The number of halogens is 20. The molecule has 0 fully saturated rings. The van der Waals surface area contributed by atoms with E-state index in [0.29, 0.717) is 6.54 Å². The number of Topliss-reactive ketones (excluding diaryl/α,β-unsaturated/α-hetero) is 1. The van der Waals surface area contributed by atoms with Crippen LogP contribution in [0, 0.1) is 116 Å². The van der Waals surface area contributed by atoms with Gasteiger partial charge in [-0.05, 0) is 12.1 Å². The van der Waals surface area contributed by atoms with Crippen molar-refractivity contribution in [1.29, 1.82) is 0 Å². The fraction of sp³-hybridized carbons (Fsp3) is 0.0233. The molecule has 0 amide bonds. The monoisotopic (exact) mass is 953 g/mol.